The Morgan fingerprint density at radius 2 is 2.16 bits per heavy atom. The minimum Gasteiger partial charge on any atom is -0.477 e. The summed E-state index contributed by atoms with van der Waals surface area (Å²) in [6, 6.07) is 1.07. The number of carboxylic acids is 1. The first-order valence-corrected chi connectivity index (χ1v) is 5.95. The van der Waals surface area contributed by atoms with E-state index in [9.17, 15) is 14.0 Å². The van der Waals surface area contributed by atoms with Crippen molar-refractivity contribution in [1.82, 2.24) is 9.55 Å². The number of hydrogen-bond donors (Lipinski definition) is 1. The number of aromatic carboxylic acids is 1. The molecule has 2 aromatic heterocycles. The van der Waals surface area contributed by atoms with Crippen molar-refractivity contribution >= 4 is 17.0 Å². The standard InChI is InChI=1S/C13H13FN2O3/c1-3-10-9(14)5-7-11(17)8(13(18)19)6-16(4-2)12(7)15-10/h5-6H,3-4H2,1-2H3,(H,18,19). The molecule has 0 spiro atoms. The highest BCUT2D eigenvalue weighted by molar-refractivity contribution is 5.91. The monoisotopic (exact) mass is 264 g/mol. The quantitative estimate of drug-likeness (QED) is 0.917. The Morgan fingerprint density at radius 3 is 2.68 bits per heavy atom. The van der Waals surface area contributed by atoms with Gasteiger partial charge < -0.3 is 9.67 Å². The van der Waals surface area contributed by atoms with Crippen LogP contribution >= 0.6 is 0 Å². The van der Waals surface area contributed by atoms with Crippen molar-refractivity contribution in [2.75, 3.05) is 0 Å². The number of aryl methyl sites for hydroxylation is 2. The van der Waals surface area contributed by atoms with Gasteiger partial charge in [0.15, 0.2) is 0 Å². The summed E-state index contributed by atoms with van der Waals surface area (Å²) in [4.78, 5) is 27.1. The molecule has 0 saturated carbocycles. The van der Waals surface area contributed by atoms with Crippen LogP contribution < -0.4 is 5.43 Å². The third-order valence-corrected chi connectivity index (χ3v) is 2.98. The molecular formula is C13H13FN2O3. The summed E-state index contributed by atoms with van der Waals surface area (Å²) in [6.07, 6.45) is 1.65. The summed E-state index contributed by atoms with van der Waals surface area (Å²) in [5.41, 5.74) is -0.506. The zero-order valence-corrected chi connectivity index (χ0v) is 10.6. The van der Waals surface area contributed by atoms with Gasteiger partial charge in [0.1, 0.15) is 17.0 Å². The second-order valence-corrected chi connectivity index (χ2v) is 4.10. The number of aromatic nitrogens is 2. The van der Waals surface area contributed by atoms with Gasteiger partial charge in [-0.25, -0.2) is 14.2 Å². The van der Waals surface area contributed by atoms with Crippen molar-refractivity contribution < 1.29 is 14.3 Å². The Hall–Kier alpha value is -2.24. The number of pyridine rings is 2. The Balaban J connectivity index is 2.95. The SMILES string of the molecule is CCc1nc2c(cc1F)c(=O)c(C(=O)O)cn2CC. The second-order valence-electron chi connectivity index (χ2n) is 4.10. The molecule has 2 rings (SSSR count). The molecule has 0 aliphatic carbocycles. The Morgan fingerprint density at radius 1 is 1.47 bits per heavy atom. The van der Waals surface area contributed by atoms with Crippen LogP contribution in [0.2, 0.25) is 0 Å². The lowest BCUT2D eigenvalue weighted by molar-refractivity contribution is 0.0695. The van der Waals surface area contributed by atoms with Gasteiger partial charge in [0, 0.05) is 12.7 Å². The van der Waals surface area contributed by atoms with Gasteiger partial charge in [0.25, 0.3) is 0 Å². The lowest BCUT2D eigenvalue weighted by Crippen LogP contribution is -2.20. The lowest BCUT2D eigenvalue weighted by Gasteiger charge is -2.10. The Kier molecular flexibility index (Phi) is 3.33. The second kappa shape index (κ2) is 4.79. The van der Waals surface area contributed by atoms with Crippen molar-refractivity contribution in [3.8, 4) is 0 Å². The van der Waals surface area contributed by atoms with E-state index in [1.165, 1.54) is 6.20 Å². The number of rotatable bonds is 3. The number of hydrogen-bond acceptors (Lipinski definition) is 3. The predicted octanol–water partition coefficient (Wildman–Crippen LogP) is 1.82. The van der Waals surface area contributed by atoms with Crippen LogP contribution in [0.4, 0.5) is 4.39 Å². The van der Waals surface area contributed by atoms with Crippen molar-refractivity contribution in [2.45, 2.75) is 26.8 Å². The van der Waals surface area contributed by atoms with E-state index in [4.69, 9.17) is 5.11 Å². The van der Waals surface area contributed by atoms with Gasteiger partial charge in [-0.15, -0.1) is 0 Å². The molecule has 0 aromatic carbocycles. The summed E-state index contributed by atoms with van der Waals surface area (Å²) in [5, 5.41) is 8.98. The van der Waals surface area contributed by atoms with E-state index in [2.05, 4.69) is 4.98 Å². The van der Waals surface area contributed by atoms with Crippen LogP contribution in [0.1, 0.15) is 29.9 Å². The van der Waals surface area contributed by atoms with Crippen LogP contribution in [0.3, 0.4) is 0 Å². The number of carboxylic acid groups (broad SMARTS) is 1. The first kappa shape index (κ1) is 13.2. The molecule has 1 N–H and O–H groups in total. The van der Waals surface area contributed by atoms with Gasteiger partial charge in [-0.05, 0) is 19.4 Å². The molecule has 0 radical (unpaired) electrons. The first-order chi connectivity index (χ1) is 8.99. The smallest absolute Gasteiger partial charge is 0.341 e. The maximum absolute atomic E-state index is 13.7. The predicted molar refractivity (Wildman–Crippen MR) is 68.0 cm³/mol. The van der Waals surface area contributed by atoms with Crippen molar-refractivity contribution in [1.29, 1.82) is 0 Å². The molecular weight excluding hydrogens is 251 g/mol. The molecule has 0 atom stereocenters. The van der Waals surface area contributed by atoms with Gasteiger partial charge in [0.05, 0.1) is 11.1 Å². The van der Waals surface area contributed by atoms with Crippen LogP contribution in [-0.4, -0.2) is 20.6 Å². The molecule has 5 nitrogen and oxygen atoms in total. The van der Waals surface area contributed by atoms with E-state index < -0.39 is 17.2 Å². The highest BCUT2D eigenvalue weighted by Crippen LogP contribution is 2.15. The van der Waals surface area contributed by atoms with Crippen molar-refractivity contribution in [2.24, 2.45) is 0 Å². The normalized spacial score (nSPS) is 10.9. The summed E-state index contributed by atoms with van der Waals surface area (Å²) in [5.74, 6) is -1.91. The summed E-state index contributed by atoms with van der Waals surface area (Å²) < 4.78 is 15.3. The highest BCUT2D eigenvalue weighted by atomic mass is 19.1. The van der Waals surface area contributed by atoms with E-state index >= 15 is 0 Å². The van der Waals surface area contributed by atoms with E-state index in [1.54, 1.807) is 18.4 Å². The topological polar surface area (TPSA) is 72.2 Å². The van der Waals surface area contributed by atoms with Gasteiger partial charge in [-0.1, -0.05) is 6.92 Å². The third-order valence-electron chi connectivity index (χ3n) is 2.98. The third kappa shape index (κ3) is 2.09. The first-order valence-electron chi connectivity index (χ1n) is 5.95. The molecule has 0 unspecified atom stereocenters. The van der Waals surface area contributed by atoms with Gasteiger partial charge in [-0.3, -0.25) is 4.79 Å². The van der Waals surface area contributed by atoms with Crippen LogP contribution in [-0.2, 0) is 13.0 Å². The Labute approximate surface area is 108 Å². The number of halogens is 1. The van der Waals surface area contributed by atoms with Crippen molar-refractivity contribution in [3.05, 3.63) is 39.6 Å². The average molecular weight is 264 g/mol. The molecule has 0 saturated heterocycles. The highest BCUT2D eigenvalue weighted by Gasteiger charge is 2.16. The summed E-state index contributed by atoms with van der Waals surface area (Å²) >= 11 is 0. The fraction of sp³-hybridized carbons (Fsp3) is 0.308. The number of fused-ring (bicyclic) bond motifs is 1. The zero-order chi connectivity index (χ0) is 14.2. The van der Waals surface area contributed by atoms with E-state index in [1.807, 2.05) is 0 Å². The number of carbonyl (C=O) groups is 1. The average Bonchev–Trinajstić information content (AvgIpc) is 2.38. The van der Waals surface area contributed by atoms with Crippen LogP contribution in [0.15, 0.2) is 17.1 Å². The Bertz CT molecular complexity index is 722. The molecule has 6 heteroatoms. The minimum atomic E-state index is -1.32. The molecule has 0 amide bonds. The van der Waals surface area contributed by atoms with Gasteiger partial charge in [0.2, 0.25) is 5.43 Å². The molecule has 19 heavy (non-hydrogen) atoms. The van der Waals surface area contributed by atoms with Crippen LogP contribution in [0.25, 0.3) is 11.0 Å². The molecule has 0 aliphatic heterocycles. The molecule has 2 aromatic rings. The summed E-state index contributed by atoms with van der Waals surface area (Å²) in [6.45, 7) is 4.00. The minimum absolute atomic E-state index is 0.00329. The molecule has 0 bridgehead atoms. The molecule has 100 valence electrons. The maximum Gasteiger partial charge on any atom is 0.341 e. The molecule has 0 aliphatic rings. The fourth-order valence-corrected chi connectivity index (χ4v) is 1.96. The van der Waals surface area contributed by atoms with E-state index in [0.29, 0.717) is 18.6 Å². The van der Waals surface area contributed by atoms with Crippen molar-refractivity contribution in [3.63, 3.8) is 0 Å². The van der Waals surface area contributed by atoms with Gasteiger partial charge >= 0.3 is 5.97 Å². The summed E-state index contributed by atoms with van der Waals surface area (Å²) in [7, 11) is 0. The lowest BCUT2D eigenvalue weighted by atomic mass is 10.1. The molecule has 0 fully saturated rings. The van der Waals surface area contributed by atoms with Crippen LogP contribution in [0, 0.1) is 5.82 Å². The van der Waals surface area contributed by atoms with E-state index in [-0.39, 0.29) is 16.6 Å². The van der Waals surface area contributed by atoms with Crippen LogP contribution in [0.5, 0.6) is 0 Å². The van der Waals surface area contributed by atoms with Gasteiger partial charge in [-0.2, -0.15) is 0 Å². The molecule has 2 heterocycles. The largest absolute Gasteiger partial charge is 0.477 e. The maximum atomic E-state index is 13.7. The fourth-order valence-electron chi connectivity index (χ4n) is 1.96. The van der Waals surface area contributed by atoms with E-state index in [0.717, 1.165) is 6.07 Å². The number of nitrogens with zero attached hydrogens (tertiary/aromatic N) is 2. The zero-order valence-electron chi connectivity index (χ0n) is 10.6.